The summed E-state index contributed by atoms with van der Waals surface area (Å²) in [7, 11) is 3.38. The number of hydrogen-bond donors (Lipinski definition) is 1. The molecule has 0 saturated heterocycles. The molecule has 2 aromatic rings. The lowest BCUT2D eigenvalue weighted by atomic mass is 10.1. The summed E-state index contributed by atoms with van der Waals surface area (Å²) in [5.74, 6) is -0.200. The molecule has 0 aliphatic carbocycles. The van der Waals surface area contributed by atoms with Gasteiger partial charge >= 0.3 is 0 Å². The Morgan fingerprint density at radius 2 is 1.95 bits per heavy atom. The number of rotatable bonds is 4. The van der Waals surface area contributed by atoms with E-state index in [1.54, 1.807) is 25.1 Å². The standard InChI is InChI=1S/C15H19N3O2/c1-4-18(10-14(19)17(2)3)15(20)12-6-5-7-13-11(12)8-9-16-13/h5-9,16H,4,10H2,1-3H3. The number of carbonyl (C=O) groups is 2. The van der Waals surface area contributed by atoms with Gasteiger partial charge in [0.15, 0.2) is 0 Å². The van der Waals surface area contributed by atoms with Gasteiger partial charge in [-0.15, -0.1) is 0 Å². The van der Waals surface area contributed by atoms with Crippen molar-refractivity contribution in [3.8, 4) is 0 Å². The molecule has 0 spiro atoms. The molecule has 1 aromatic heterocycles. The minimum Gasteiger partial charge on any atom is -0.361 e. The van der Waals surface area contributed by atoms with E-state index < -0.39 is 0 Å². The van der Waals surface area contributed by atoms with Crippen LogP contribution in [0, 0.1) is 0 Å². The topological polar surface area (TPSA) is 56.4 Å². The first-order valence-corrected chi connectivity index (χ1v) is 6.60. The number of aromatic nitrogens is 1. The Morgan fingerprint density at radius 1 is 1.20 bits per heavy atom. The van der Waals surface area contributed by atoms with Crippen LogP contribution in [0.1, 0.15) is 17.3 Å². The van der Waals surface area contributed by atoms with E-state index >= 15 is 0 Å². The maximum atomic E-state index is 12.6. The highest BCUT2D eigenvalue weighted by Gasteiger charge is 2.20. The Kier molecular flexibility index (Phi) is 4.08. The molecule has 0 aliphatic heterocycles. The van der Waals surface area contributed by atoms with Gasteiger partial charge in [-0.05, 0) is 25.1 Å². The first-order valence-electron chi connectivity index (χ1n) is 6.60. The molecule has 0 atom stereocenters. The highest BCUT2D eigenvalue weighted by molar-refractivity contribution is 6.07. The van der Waals surface area contributed by atoms with E-state index in [0.29, 0.717) is 12.1 Å². The Bertz CT molecular complexity index is 631. The minimum atomic E-state index is -0.118. The molecule has 5 nitrogen and oxygen atoms in total. The van der Waals surface area contributed by atoms with Crippen molar-refractivity contribution < 1.29 is 9.59 Å². The van der Waals surface area contributed by atoms with Gasteiger partial charge in [-0.1, -0.05) is 6.07 Å². The molecule has 2 rings (SSSR count). The second-order valence-electron chi connectivity index (χ2n) is 4.85. The van der Waals surface area contributed by atoms with Crippen LogP contribution in [0.25, 0.3) is 10.9 Å². The highest BCUT2D eigenvalue weighted by atomic mass is 16.2. The summed E-state index contributed by atoms with van der Waals surface area (Å²) in [5.41, 5.74) is 1.54. The molecule has 5 heteroatoms. The van der Waals surface area contributed by atoms with Crippen LogP contribution in [0.3, 0.4) is 0 Å². The van der Waals surface area contributed by atoms with Crippen LogP contribution in [0.2, 0.25) is 0 Å². The fraction of sp³-hybridized carbons (Fsp3) is 0.333. The number of likely N-dealkylation sites (N-methyl/N-ethyl adjacent to an activating group) is 2. The van der Waals surface area contributed by atoms with Crippen molar-refractivity contribution in [2.24, 2.45) is 0 Å². The Labute approximate surface area is 118 Å². The van der Waals surface area contributed by atoms with Gasteiger partial charge in [0.05, 0.1) is 6.54 Å². The van der Waals surface area contributed by atoms with Crippen LogP contribution >= 0.6 is 0 Å². The Hall–Kier alpha value is -2.30. The number of H-pyrrole nitrogens is 1. The van der Waals surface area contributed by atoms with Crippen LogP contribution in [0.4, 0.5) is 0 Å². The van der Waals surface area contributed by atoms with Crippen LogP contribution in [-0.4, -0.2) is 53.8 Å². The van der Waals surface area contributed by atoms with Crippen molar-refractivity contribution in [2.75, 3.05) is 27.2 Å². The van der Waals surface area contributed by atoms with E-state index in [1.165, 1.54) is 4.90 Å². The molecule has 1 N–H and O–H groups in total. The van der Waals surface area contributed by atoms with Gasteiger partial charge in [-0.3, -0.25) is 9.59 Å². The summed E-state index contributed by atoms with van der Waals surface area (Å²) in [4.78, 5) is 30.5. The summed E-state index contributed by atoms with van der Waals surface area (Å²) < 4.78 is 0. The number of benzene rings is 1. The summed E-state index contributed by atoms with van der Waals surface area (Å²) >= 11 is 0. The monoisotopic (exact) mass is 273 g/mol. The maximum absolute atomic E-state index is 12.6. The molecule has 0 bridgehead atoms. The zero-order chi connectivity index (χ0) is 14.7. The lowest BCUT2D eigenvalue weighted by molar-refractivity contribution is -0.129. The molecule has 0 fully saturated rings. The molecule has 20 heavy (non-hydrogen) atoms. The van der Waals surface area contributed by atoms with E-state index in [0.717, 1.165) is 10.9 Å². The Morgan fingerprint density at radius 3 is 2.60 bits per heavy atom. The minimum absolute atomic E-state index is 0.0820. The third-order valence-electron chi connectivity index (χ3n) is 3.32. The summed E-state index contributed by atoms with van der Waals surface area (Å²) in [5, 5.41) is 0.883. The van der Waals surface area contributed by atoms with Gasteiger partial charge < -0.3 is 14.8 Å². The van der Waals surface area contributed by atoms with E-state index in [9.17, 15) is 9.59 Å². The van der Waals surface area contributed by atoms with E-state index in [2.05, 4.69) is 4.98 Å². The third kappa shape index (κ3) is 2.66. The quantitative estimate of drug-likeness (QED) is 0.922. The van der Waals surface area contributed by atoms with Crippen molar-refractivity contribution in [3.63, 3.8) is 0 Å². The van der Waals surface area contributed by atoms with Crippen molar-refractivity contribution in [3.05, 3.63) is 36.0 Å². The zero-order valence-corrected chi connectivity index (χ0v) is 12.0. The molecule has 2 amide bonds. The van der Waals surface area contributed by atoms with Crippen molar-refractivity contribution in [2.45, 2.75) is 6.92 Å². The van der Waals surface area contributed by atoms with Crippen LogP contribution in [-0.2, 0) is 4.79 Å². The SMILES string of the molecule is CCN(CC(=O)N(C)C)C(=O)c1cccc2[nH]ccc12. The first-order chi connectivity index (χ1) is 9.54. The van der Waals surface area contributed by atoms with Gasteiger partial charge in [0.25, 0.3) is 5.91 Å². The van der Waals surface area contributed by atoms with Crippen LogP contribution < -0.4 is 0 Å². The average Bonchev–Trinajstić information content (AvgIpc) is 2.91. The summed E-state index contributed by atoms with van der Waals surface area (Å²) in [6.07, 6.45) is 1.81. The number of amides is 2. The van der Waals surface area contributed by atoms with Gasteiger partial charge in [-0.2, -0.15) is 0 Å². The molecule has 0 aliphatic rings. The van der Waals surface area contributed by atoms with Gasteiger partial charge in [0, 0.05) is 43.3 Å². The predicted octanol–water partition coefficient (Wildman–Crippen LogP) is 1.72. The van der Waals surface area contributed by atoms with E-state index in [1.807, 2.05) is 31.3 Å². The predicted molar refractivity (Wildman–Crippen MR) is 78.6 cm³/mol. The summed E-state index contributed by atoms with van der Waals surface area (Å²) in [6, 6.07) is 7.44. The fourth-order valence-electron chi connectivity index (χ4n) is 2.07. The van der Waals surface area contributed by atoms with Crippen LogP contribution in [0.5, 0.6) is 0 Å². The molecule has 0 saturated carbocycles. The summed E-state index contributed by atoms with van der Waals surface area (Å²) in [6.45, 7) is 2.47. The number of aromatic amines is 1. The lowest BCUT2D eigenvalue weighted by Crippen LogP contribution is -2.40. The van der Waals surface area contributed by atoms with E-state index in [-0.39, 0.29) is 18.4 Å². The van der Waals surface area contributed by atoms with Crippen molar-refractivity contribution in [1.29, 1.82) is 0 Å². The van der Waals surface area contributed by atoms with Gasteiger partial charge in [0.1, 0.15) is 0 Å². The number of carbonyl (C=O) groups excluding carboxylic acids is 2. The van der Waals surface area contributed by atoms with Crippen LogP contribution in [0.15, 0.2) is 30.5 Å². The normalized spacial score (nSPS) is 10.6. The average molecular weight is 273 g/mol. The number of hydrogen-bond acceptors (Lipinski definition) is 2. The fourth-order valence-corrected chi connectivity index (χ4v) is 2.07. The lowest BCUT2D eigenvalue weighted by Gasteiger charge is -2.22. The molecule has 0 unspecified atom stereocenters. The second kappa shape index (κ2) is 5.77. The molecular weight excluding hydrogens is 254 g/mol. The Balaban J connectivity index is 2.29. The number of fused-ring (bicyclic) bond motifs is 1. The molecule has 106 valence electrons. The van der Waals surface area contributed by atoms with Gasteiger partial charge in [0.2, 0.25) is 5.91 Å². The highest BCUT2D eigenvalue weighted by Crippen LogP contribution is 2.19. The van der Waals surface area contributed by atoms with E-state index in [4.69, 9.17) is 0 Å². The third-order valence-corrected chi connectivity index (χ3v) is 3.32. The number of nitrogens with zero attached hydrogens (tertiary/aromatic N) is 2. The zero-order valence-electron chi connectivity index (χ0n) is 12.0. The smallest absolute Gasteiger partial charge is 0.254 e. The molecule has 0 radical (unpaired) electrons. The largest absolute Gasteiger partial charge is 0.361 e. The maximum Gasteiger partial charge on any atom is 0.254 e. The first kappa shape index (κ1) is 14.1. The molecule has 1 heterocycles. The van der Waals surface area contributed by atoms with Gasteiger partial charge in [-0.25, -0.2) is 0 Å². The van der Waals surface area contributed by atoms with Crippen molar-refractivity contribution in [1.82, 2.24) is 14.8 Å². The molecule has 1 aromatic carbocycles. The second-order valence-corrected chi connectivity index (χ2v) is 4.85. The number of nitrogens with one attached hydrogen (secondary N) is 1. The molecular formula is C15H19N3O2. The van der Waals surface area contributed by atoms with Crippen molar-refractivity contribution >= 4 is 22.7 Å².